The molecule has 5 nitrogen and oxygen atoms in total. The Morgan fingerprint density at radius 3 is 2.44 bits per heavy atom. The van der Waals surface area contributed by atoms with Gasteiger partial charge in [0.15, 0.2) is 0 Å². The fourth-order valence-corrected chi connectivity index (χ4v) is 6.07. The summed E-state index contributed by atoms with van der Waals surface area (Å²) in [5, 5.41) is -0.313. The molecule has 0 spiro atoms. The Labute approximate surface area is 153 Å². The van der Waals surface area contributed by atoms with E-state index in [1.165, 1.54) is 0 Å². The van der Waals surface area contributed by atoms with Crippen LogP contribution in [0, 0.1) is 6.92 Å². The summed E-state index contributed by atoms with van der Waals surface area (Å²) in [4.78, 5) is 0.318. The molecule has 0 aromatic heterocycles. The van der Waals surface area contributed by atoms with Crippen molar-refractivity contribution in [2.24, 2.45) is 0 Å². The maximum absolute atomic E-state index is 13.1. The van der Waals surface area contributed by atoms with Crippen LogP contribution in [0.4, 0.5) is 0 Å². The van der Waals surface area contributed by atoms with Crippen molar-refractivity contribution in [2.75, 3.05) is 26.5 Å². The van der Waals surface area contributed by atoms with Gasteiger partial charge < -0.3 is 9.47 Å². The molecule has 0 unspecified atom stereocenters. The second-order valence-electron chi connectivity index (χ2n) is 5.76. The van der Waals surface area contributed by atoms with E-state index in [1.807, 2.05) is 31.2 Å². The summed E-state index contributed by atoms with van der Waals surface area (Å²) in [6.45, 7) is 2.41. The van der Waals surface area contributed by atoms with Crippen molar-refractivity contribution in [3.8, 4) is 11.5 Å². The quantitative estimate of drug-likeness (QED) is 0.796. The van der Waals surface area contributed by atoms with Crippen LogP contribution in [0.2, 0.25) is 0 Å². The Morgan fingerprint density at radius 1 is 1.08 bits per heavy atom. The summed E-state index contributed by atoms with van der Waals surface area (Å²) >= 11 is 1.60. The third-order valence-electron chi connectivity index (χ3n) is 4.18. The minimum atomic E-state index is -3.57. The molecule has 25 heavy (non-hydrogen) atoms. The van der Waals surface area contributed by atoms with Crippen LogP contribution in [-0.2, 0) is 10.0 Å². The molecule has 134 valence electrons. The number of aryl methyl sites for hydroxylation is 1. The molecule has 1 saturated heterocycles. The third kappa shape index (κ3) is 3.49. The Bertz CT molecular complexity index is 850. The molecule has 1 fully saturated rings. The van der Waals surface area contributed by atoms with Crippen LogP contribution < -0.4 is 9.47 Å². The lowest BCUT2D eigenvalue weighted by Crippen LogP contribution is -2.30. The van der Waals surface area contributed by atoms with E-state index in [1.54, 1.807) is 48.5 Å². The number of methoxy groups -OCH3 is 2. The lowest BCUT2D eigenvalue weighted by Gasteiger charge is -2.25. The van der Waals surface area contributed by atoms with Gasteiger partial charge in [-0.05, 0) is 31.2 Å². The zero-order valence-electron chi connectivity index (χ0n) is 14.4. The van der Waals surface area contributed by atoms with Crippen LogP contribution in [-0.4, -0.2) is 39.2 Å². The largest absolute Gasteiger partial charge is 0.497 e. The highest BCUT2D eigenvalue weighted by Crippen LogP contribution is 2.45. The maximum atomic E-state index is 13.1. The van der Waals surface area contributed by atoms with Crippen molar-refractivity contribution in [1.82, 2.24) is 4.31 Å². The highest BCUT2D eigenvalue weighted by molar-refractivity contribution is 8.01. The van der Waals surface area contributed by atoms with Gasteiger partial charge in [0.05, 0.1) is 24.5 Å². The standard InChI is InChI=1S/C18H21NO4S2/c1-13-4-7-15(8-5-13)25(20,21)19-10-11-24-18(19)16-9-6-14(22-2)12-17(16)23-3/h4-9,12,18H,10-11H2,1-3H3/t18-/m0/s1. The first-order chi connectivity index (χ1) is 12.0. The van der Waals surface area contributed by atoms with Crippen LogP contribution in [0.3, 0.4) is 0 Å². The van der Waals surface area contributed by atoms with Gasteiger partial charge in [-0.3, -0.25) is 0 Å². The predicted octanol–water partition coefficient (Wildman–Crippen LogP) is 3.45. The summed E-state index contributed by atoms with van der Waals surface area (Å²) in [6, 6.07) is 12.4. The van der Waals surface area contributed by atoms with Gasteiger partial charge in [0.2, 0.25) is 10.0 Å². The van der Waals surface area contributed by atoms with Crippen LogP contribution in [0.25, 0.3) is 0 Å². The van der Waals surface area contributed by atoms with Gasteiger partial charge >= 0.3 is 0 Å². The van der Waals surface area contributed by atoms with Gasteiger partial charge in [-0.2, -0.15) is 4.31 Å². The maximum Gasteiger partial charge on any atom is 0.244 e. The molecule has 0 N–H and O–H groups in total. The van der Waals surface area contributed by atoms with Crippen LogP contribution in [0.5, 0.6) is 11.5 Å². The third-order valence-corrected chi connectivity index (χ3v) is 7.44. The molecule has 7 heteroatoms. The molecule has 1 atom stereocenters. The molecule has 1 aliphatic rings. The van der Waals surface area contributed by atoms with Gasteiger partial charge in [0.25, 0.3) is 0 Å². The molecule has 0 aliphatic carbocycles. The fraction of sp³-hybridized carbons (Fsp3) is 0.333. The monoisotopic (exact) mass is 379 g/mol. The van der Waals surface area contributed by atoms with Gasteiger partial charge in [0.1, 0.15) is 11.5 Å². The molecule has 2 aromatic carbocycles. The molecular formula is C18H21NO4S2. The SMILES string of the molecule is COc1ccc([C@@H]2SCCN2S(=O)(=O)c2ccc(C)cc2)c(OC)c1. The smallest absolute Gasteiger partial charge is 0.244 e. The minimum Gasteiger partial charge on any atom is -0.497 e. The lowest BCUT2D eigenvalue weighted by atomic mass is 10.2. The van der Waals surface area contributed by atoms with E-state index in [2.05, 4.69) is 0 Å². The molecule has 1 aliphatic heterocycles. The van der Waals surface area contributed by atoms with E-state index in [-0.39, 0.29) is 5.37 Å². The number of hydrogen-bond donors (Lipinski definition) is 0. The Hall–Kier alpha value is -1.70. The second-order valence-corrected chi connectivity index (χ2v) is 8.84. The van der Waals surface area contributed by atoms with E-state index in [4.69, 9.17) is 9.47 Å². The first-order valence-electron chi connectivity index (χ1n) is 7.89. The van der Waals surface area contributed by atoms with Gasteiger partial charge in [0, 0.05) is 23.9 Å². The zero-order valence-corrected chi connectivity index (χ0v) is 16.1. The second kappa shape index (κ2) is 7.27. The van der Waals surface area contributed by atoms with Crippen molar-refractivity contribution in [1.29, 1.82) is 0 Å². The molecule has 0 saturated carbocycles. The summed E-state index contributed by atoms with van der Waals surface area (Å²) in [5.41, 5.74) is 1.87. The van der Waals surface area contributed by atoms with E-state index in [9.17, 15) is 8.42 Å². The number of rotatable bonds is 5. The topological polar surface area (TPSA) is 55.8 Å². The van der Waals surface area contributed by atoms with E-state index < -0.39 is 10.0 Å². The zero-order chi connectivity index (χ0) is 18.0. The number of hydrogen-bond acceptors (Lipinski definition) is 5. The molecule has 0 bridgehead atoms. The predicted molar refractivity (Wildman–Crippen MR) is 99.8 cm³/mol. The van der Waals surface area contributed by atoms with Crippen molar-refractivity contribution in [3.05, 3.63) is 53.6 Å². The van der Waals surface area contributed by atoms with E-state index in [0.717, 1.165) is 16.9 Å². The fourth-order valence-electron chi connectivity index (χ4n) is 2.81. The van der Waals surface area contributed by atoms with Crippen LogP contribution in [0.15, 0.2) is 47.4 Å². The Balaban J connectivity index is 1.99. The molecule has 0 radical (unpaired) electrons. The summed E-state index contributed by atoms with van der Waals surface area (Å²) in [7, 11) is -0.397. The number of ether oxygens (including phenoxy) is 2. The minimum absolute atomic E-state index is 0.313. The summed E-state index contributed by atoms with van der Waals surface area (Å²) < 4.78 is 38.4. The lowest BCUT2D eigenvalue weighted by molar-refractivity contribution is 0.379. The summed E-state index contributed by atoms with van der Waals surface area (Å²) in [5.74, 6) is 2.05. The van der Waals surface area contributed by atoms with Crippen molar-refractivity contribution >= 4 is 21.8 Å². The van der Waals surface area contributed by atoms with Crippen molar-refractivity contribution in [3.63, 3.8) is 0 Å². The molecule has 3 rings (SSSR count). The van der Waals surface area contributed by atoms with Crippen LogP contribution >= 0.6 is 11.8 Å². The normalized spacial score (nSPS) is 18.3. The van der Waals surface area contributed by atoms with Gasteiger partial charge in [-0.1, -0.05) is 17.7 Å². The Kier molecular flexibility index (Phi) is 5.27. The van der Waals surface area contributed by atoms with Gasteiger partial charge in [-0.15, -0.1) is 11.8 Å². The Morgan fingerprint density at radius 2 is 1.80 bits per heavy atom. The highest BCUT2D eigenvalue weighted by Gasteiger charge is 2.38. The molecular weight excluding hydrogens is 358 g/mol. The highest BCUT2D eigenvalue weighted by atomic mass is 32.2. The van der Waals surface area contributed by atoms with Gasteiger partial charge in [-0.25, -0.2) is 8.42 Å². The number of thioether (sulfide) groups is 1. The summed E-state index contributed by atoms with van der Waals surface area (Å²) in [6.07, 6.45) is 0. The van der Waals surface area contributed by atoms with Crippen molar-refractivity contribution in [2.45, 2.75) is 17.2 Å². The number of nitrogens with zero attached hydrogens (tertiary/aromatic N) is 1. The average Bonchev–Trinajstić information content (AvgIpc) is 3.12. The number of sulfonamides is 1. The van der Waals surface area contributed by atoms with Crippen LogP contribution in [0.1, 0.15) is 16.5 Å². The molecule has 0 amide bonds. The average molecular weight is 380 g/mol. The number of benzene rings is 2. The molecule has 1 heterocycles. The molecule has 2 aromatic rings. The first kappa shape index (κ1) is 18.1. The van der Waals surface area contributed by atoms with E-state index >= 15 is 0 Å². The van der Waals surface area contributed by atoms with E-state index in [0.29, 0.717) is 22.9 Å². The first-order valence-corrected chi connectivity index (χ1v) is 10.4. The van der Waals surface area contributed by atoms with Crippen molar-refractivity contribution < 1.29 is 17.9 Å².